The summed E-state index contributed by atoms with van der Waals surface area (Å²) in [6.45, 7) is 2.90. The van der Waals surface area contributed by atoms with Crippen molar-refractivity contribution in [2.45, 2.75) is 22.0 Å². The second-order valence-corrected chi connectivity index (χ2v) is 9.46. The van der Waals surface area contributed by atoms with Crippen LogP contribution < -0.4 is 10.6 Å². The molecule has 0 saturated heterocycles. The fourth-order valence-corrected chi connectivity index (χ4v) is 4.53. The van der Waals surface area contributed by atoms with Crippen LogP contribution in [0.3, 0.4) is 0 Å². The van der Waals surface area contributed by atoms with E-state index in [1.165, 1.54) is 23.1 Å². The summed E-state index contributed by atoms with van der Waals surface area (Å²) in [5.74, 6) is -0.436. The number of hydrogen-bond donors (Lipinski definition) is 2. The third kappa shape index (κ3) is 7.96. The summed E-state index contributed by atoms with van der Waals surface area (Å²) in [7, 11) is -2.07. The van der Waals surface area contributed by atoms with Crippen LogP contribution in [0.2, 0.25) is 0 Å². The van der Waals surface area contributed by atoms with Crippen molar-refractivity contribution in [3.05, 3.63) is 60.4 Å². The first-order valence-electron chi connectivity index (χ1n) is 8.56. The molecule has 1 atom stereocenters. The molecule has 0 amide bonds. The summed E-state index contributed by atoms with van der Waals surface area (Å²) in [4.78, 5) is 5.00. The molecule has 2 aromatic carbocycles. The minimum Gasteiger partial charge on any atom is -0.355 e. The van der Waals surface area contributed by atoms with E-state index in [4.69, 9.17) is 0 Å². The molecule has 0 aromatic heterocycles. The SMILES string of the molecule is CN=C(NCCS(=O)(=O)c1ccccc1F)NCC(C)Sc1ccccc1.I. The van der Waals surface area contributed by atoms with E-state index in [1.54, 1.807) is 18.8 Å². The van der Waals surface area contributed by atoms with Gasteiger partial charge in [0.2, 0.25) is 0 Å². The Balaban J connectivity index is 0.00000392. The Morgan fingerprint density at radius 1 is 1.11 bits per heavy atom. The lowest BCUT2D eigenvalue weighted by atomic mass is 10.3. The number of guanidine groups is 1. The van der Waals surface area contributed by atoms with Crippen molar-refractivity contribution >= 4 is 51.5 Å². The molecule has 5 nitrogen and oxygen atoms in total. The Morgan fingerprint density at radius 3 is 2.39 bits per heavy atom. The number of benzene rings is 2. The van der Waals surface area contributed by atoms with Crippen molar-refractivity contribution in [3.8, 4) is 0 Å². The van der Waals surface area contributed by atoms with E-state index in [1.807, 2.05) is 18.2 Å². The maximum absolute atomic E-state index is 13.7. The first-order valence-corrected chi connectivity index (χ1v) is 11.1. The summed E-state index contributed by atoms with van der Waals surface area (Å²) in [6.07, 6.45) is 0. The molecular formula is C19H25FIN3O2S2. The van der Waals surface area contributed by atoms with Gasteiger partial charge in [-0.2, -0.15) is 0 Å². The molecule has 0 aliphatic rings. The summed E-state index contributed by atoms with van der Waals surface area (Å²) in [5.41, 5.74) is 0. The Kier molecular flexibility index (Phi) is 10.8. The average Bonchev–Trinajstić information content (AvgIpc) is 2.65. The molecule has 0 saturated carbocycles. The molecule has 0 fully saturated rings. The zero-order valence-electron chi connectivity index (χ0n) is 15.8. The van der Waals surface area contributed by atoms with E-state index in [9.17, 15) is 12.8 Å². The van der Waals surface area contributed by atoms with Crippen molar-refractivity contribution in [2.75, 3.05) is 25.9 Å². The molecule has 1 unspecified atom stereocenters. The van der Waals surface area contributed by atoms with Gasteiger partial charge in [-0.15, -0.1) is 35.7 Å². The Hall–Kier alpha value is -1.33. The summed E-state index contributed by atoms with van der Waals surface area (Å²) < 4.78 is 38.2. The van der Waals surface area contributed by atoms with Crippen molar-refractivity contribution < 1.29 is 12.8 Å². The van der Waals surface area contributed by atoms with E-state index in [0.717, 1.165) is 6.07 Å². The highest BCUT2D eigenvalue weighted by Crippen LogP contribution is 2.21. The maximum Gasteiger partial charge on any atom is 0.191 e. The number of sulfone groups is 1. The van der Waals surface area contributed by atoms with Gasteiger partial charge < -0.3 is 10.6 Å². The standard InChI is InChI=1S/C19H24FN3O2S2.HI/c1-15(26-16-8-4-3-5-9-16)14-23-19(21-2)22-12-13-27(24,25)18-11-7-6-10-17(18)20;/h3-11,15H,12-14H2,1-2H3,(H2,21,22,23);1H. The lowest BCUT2D eigenvalue weighted by Gasteiger charge is -2.16. The van der Waals surface area contributed by atoms with Gasteiger partial charge in [-0.1, -0.05) is 37.3 Å². The average molecular weight is 537 g/mol. The number of thioether (sulfide) groups is 1. The molecule has 28 heavy (non-hydrogen) atoms. The largest absolute Gasteiger partial charge is 0.355 e. The first-order chi connectivity index (χ1) is 12.9. The van der Waals surface area contributed by atoms with Gasteiger partial charge in [0.05, 0.1) is 5.75 Å². The van der Waals surface area contributed by atoms with Crippen LogP contribution in [0.1, 0.15) is 6.92 Å². The van der Waals surface area contributed by atoms with Crippen LogP contribution >= 0.6 is 35.7 Å². The second-order valence-electron chi connectivity index (χ2n) is 5.87. The highest BCUT2D eigenvalue weighted by Gasteiger charge is 2.18. The molecular weight excluding hydrogens is 512 g/mol. The number of halogens is 2. The Labute approximate surface area is 187 Å². The van der Waals surface area contributed by atoms with E-state index in [0.29, 0.717) is 17.8 Å². The monoisotopic (exact) mass is 537 g/mol. The van der Waals surface area contributed by atoms with Crippen molar-refractivity contribution in [3.63, 3.8) is 0 Å². The molecule has 0 radical (unpaired) electrons. The quantitative estimate of drug-likeness (QED) is 0.233. The normalized spacial score (nSPS) is 12.8. The Bertz CT molecular complexity index is 864. The summed E-state index contributed by atoms with van der Waals surface area (Å²) in [6, 6.07) is 15.5. The van der Waals surface area contributed by atoms with Gasteiger partial charge in [0.25, 0.3) is 0 Å². The van der Waals surface area contributed by atoms with Crippen LogP contribution in [0.4, 0.5) is 4.39 Å². The van der Waals surface area contributed by atoms with Gasteiger partial charge in [-0.25, -0.2) is 12.8 Å². The van der Waals surface area contributed by atoms with Crippen LogP contribution in [0.25, 0.3) is 0 Å². The molecule has 154 valence electrons. The lowest BCUT2D eigenvalue weighted by Crippen LogP contribution is -2.41. The number of rotatable bonds is 8. The van der Waals surface area contributed by atoms with Gasteiger partial charge >= 0.3 is 0 Å². The van der Waals surface area contributed by atoms with Crippen molar-refractivity contribution in [1.82, 2.24) is 10.6 Å². The number of aliphatic imine (C=N–C) groups is 1. The van der Waals surface area contributed by atoms with Gasteiger partial charge in [-0.3, -0.25) is 4.99 Å². The van der Waals surface area contributed by atoms with E-state index in [-0.39, 0.29) is 41.2 Å². The minimum absolute atomic E-state index is 0. The fourth-order valence-electron chi connectivity index (χ4n) is 2.34. The van der Waals surface area contributed by atoms with Crippen LogP contribution in [0.5, 0.6) is 0 Å². The van der Waals surface area contributed by atoms with Crippen LogP contribution in [-0.4, -0.2) is 45.5 Å². The summed E-state index contributed by atoms with van der Waals surface area (Å²) in [5, 5.41) is 6.44. The molecule has 0 heterocycles. The highest BCUT2D eigenvalue weighted by molar-refractivity contribution is 14.0. The molecule has 0 aliphatic heterocycles. The maximum atomic E-state index is 13.7. The number of hydrogen-bond acceptors (Lipinski definition) is 4. The highest BCUT2D eigenvalue weighted by atomic mass is 127. The zero-order chi connectivity index (χ0) is 19.7. The lowest BCUT2D eigenvalue weighted by molar-refractivity contribution is 0.566. The predicted octanol–water partition coefficient (Wildman–Crippen LogP) is 3.56. The first kappa shape index (κ1) is 24.7. The molecule has 9 heteroatoms. The molecule has 0 spiro atoms. The molecule has 2 rings (SSSR count). The van der Waals surface area contributed by atoms with E-state index in [2.05, 4.69) is 34.7 Å². The van der Waals surface area contributed by atoms with Crippen LogP contribution in [-0.2, 0) is 9.84 Å². The van der Waals surface area contributed by atoms with Crippen LogP contribution in [0.15, 0.2) is 69.4 Å². The van der Waals surface area contributed by atoms with E-state index >= 15 is 0 Å². The van der Waals surface area contributed by atoms with Crippen molar-refractivity contribution in [2.24, 2.45) is 4.99 Å². The predicted molar refractivity (Wildman–Crippen MR) is 125 cm³/mol. The second kappa shape index (κ2) is 12.3. The number of nitrogens with one attached hydrogen (secondary N) is 2. The third-order valence-electron chi connectivity index (χ3n) is 3.70. The van der Waals surface area contributed by atoms with Crippen LogP contribution in [0, 0.1) is 5.82 Å². The Morgan fingerprint density at radius 2 is 1.75 bits per heavy atom. The molecule has 2 aromatic rings. The minimum atomic E-state index is -3.69. The van der Waals surface area contributed by atoms with Gasteiger partial charge in [0, 0.05) is 30.3 Å². The molecule has 0 bridgehead atoms. The van der Waals surface area contributed by atoms with E-state index < -0.39 is 15.7 Å². The third-order valence-corrected chi connectivity index (χ3v) is 6.55. The number of nitrogens with zero attached hydrogens (tertiary/aromatic N) is 1. The zero-order valence-corrected chi connectivity index (χ0v) is 19.7. The topological polar surface area (TPSA) is 70.6 Å². The fraction of sp³-hybridized carbons (Fsp3) is 0.316. The van der Waals surface area contributed by atoms with Gasteiger partial charge in [-0.05, 0) is 24.3 Å². The van der Waals surface area contributed by atoms with Crippen molar-refractivity contribution in [1.29, 1.82) is 0 Å². The van der Waals surface area contributed by atoms with Gasteiger partial charge in [0.1, 0.15) is 10.7 Å². The summed E-state index contributed by atoms with van der Waals surface area (Å²) >= 11 is 1.74. The molecule has 2 N–H and O–H groups in total. The molecule has 0 aliphatic carbocycles. The smallest absolute Gasteiger partial charge is 0.191 e. The van der Waals surface area contributed by atoms with Gasteiger partial charge in [0.15, 0.2) is 15.8 Å².